The largest absolute Gasteiger partial charge is 0.325 e. The normalized spacial score (nSPS) is 12.5. The van der Waals surface area contributed by atoms with Crippen molar-refractivity contribution in [3.63, 3.8) is 0 Å². The van der Waals surface area contributed by atoms with Gasteiger partial charge in [0.1, 0.15) is 5.82 Å². The summed E-state index contributed by atoms with van der Waals surface area (Å²) in [5.41, 5.74) is 8.39. The van der Waals surface area contributed by atoms with Gasteiger partial charge in [0.15, 0.2) is 11.5 Å². The first-order valence-electron chi connectivity index (χ1n) is 11.3. The van der Waals surface area contributed by atoms with Crippen molar-refractivity contribution in [1.29, 1.82) is 0 Å². The molecule has 5 nitrogen and oxygen atoms in total. The molecule has 5 heteroatoms. The molecule has 0 unspecified atom stereocenters. The van der Waals surface area contributed by atoms with Crippen LogP contribution in [0.15, 0.2) is 85.2 Å². The van der Waals surface area contributed by atoms with Crippen LogP contribution in [0.1, 0.15) is 11.1 Å². The van der Waals surface area contributed by atoms with Gasteiger partial charge in [-0.25, -0.2) is 14.8 Å². The van der Waals surface area contributed by atoms with Crippen LogP contribution in [0.2, 0.25) is 0 Å². The highest BCUT2D eigenvalue weighted by Gasteiger charge is 2.24. The van der Waals surface area contributed by atoms with Crippen LogP contribution in [0.25, 0.3) is 38.3 Å². The predicted octanol–water partition coefficient (Wildman–Crippen LogP) is 6.91. The molecule has 5 aromatic rings. The predicted molar refractivity (Wildman–Crippen MR) is 136 cm³/mol. The van der Waals surface area contributed by atoms with Gasteiger partial charge in [0.25, 0.3) is 0 Å². The zero-order valence-corrected chi connectivity index (χ0v) is 18.7. The lowest BCUT2D eigenvalue weighted by atomic mass is 10.0. The van der Waals surface area contributed by atoms with E-state index in [2.05, 4.69) is 58.1 Å². The number of aromatic nitrogens is 3. The van der Waals surface area contributed by atoms with Crippen LogP contribution in [0, 0.1) is 13.5 Å². The van der Waals surface area contributed by atoms with Gasteiger partial charge in [-0.05, 0) is 60.4 Å². The monoisotopic (exact) mass is 439 g/mol. The molecule has 0 amide bonds. The number of aryl methyl sites for hydroxylation is 1. The molecule has 0 atom stereocenters. The number of pyridine rings is 1. The summed E-state index contributed by atoms with van der Waals surface area (Å²) in [6.45, 7) is 10.2. The molecule has 3 aromatic carbocycles. The highest BCUT2D eigenvalue weighted by molar-refractivity contribution is 5.96. The van der Waals surface area contributed by atoms with Gasteiger partial charge in [-0.1, -0.05) is 48.0 Å². The average molecular weight is 440 g/mol. The van der Waals surface area contributed by atoms with E-state index in [9.17, 15) is 0 Å². The summed E-state index contributed by atoms with van der Waals surface area (Å²) >= 11 is 0. The fraction of sp³-hybridized carbons (Fsp3) is 0.103. The molecule has 3 heterocycles. The van der Waals surface area contributed by atoms with Crippen molar-refractivity contribution in [2.45, 2.75) is 13.3 Å². The summed E-state index contributed by atoms with van der Waals surface area (Å²) < 4.78 is 0. The third kappa shape index (κ3) is 3.46. The zero-order chi connectivity index (χ0) is 23.1. The zero-order valence-electron chi connectivity index (χ0n) is 18.7. The lowest BCUT2D eigenvalue weighted by Gasteiger charge is -2.21. The summed E-state index contributed by atoms with van der Waals surface area (Å²) in [4.78, 5) is 20.0. The van der Waals surface area contributed by atoms with Gasteiger partial charge in [0, 0.05) is 35.6 Å². The molecule has 0 radical (unpaired) electrons. The molecule has 0 saturated heterocycles. The molecule has 0 spiro atoms. The quantitative estimate of drug-likeness (QED) is 0.287. The molecule has 1 aliphatic rings. The molecular weight excluding hydrogens is 418 g/mol. The average Bonchev–Trinajstić information content (AvgIpc) is 3.31. The molecule has 0 aliphatic carbocycles. The smallest absolute Gasteiger partial charge is 0.187 e. The van der Waals surface area contributed by atoms with E-state index in [1.54, 1.807) is 12.4 Å². The second-order valence-corrected chi connectivity index (χ2v) is 8.54. The van der Waals surface area contributed by atoms with E-state index in [0.29, 0.717) is 11.5 Å². The van der Waals surface area contributed by atoms with Crippen LogP contribution in [0.3, 0.4) is 0 Å². The Kier molecular flexibility index (Phi) is 4.78. The molecule has 1 aliphatic heterocycles. The molecule has 162 valence electrons. The second kappa shape index (κ2) is 8.09. The Balaban J connectivity index is 1.56. The maximum Gasteiger partial charge on any atom is 0.187 e. The Labute approximate surface area is 198 Å². The Morgan fingerprint density at radius 2 is 1.74 bits per heavy atom. The van der Waals surface area contributed by atoms with Gasteiger partial charge < -0.3 is 4.90 Å². The maximum absolute atomic E-state index is 7.21. The number of anilines is 2. The lowest BCUT2D eigenvalue weighted by molar-refractivity contribution is 0.976. The summed E-state index contributed by atoms with van der Waals surface area (Å²) in [5.74, 6) is 1.58. The maximum atomic E-state index is 7.21. The lowest BCUT2D eigenvalue weighted by Crippen LogP contribution is -2.16. The Bertz CT molecular complexity index is 1570. The fourth-order valence-electron chi connectivity index (χ4n) is 4.60. The second-order valence-electron chi connectivity index (χ2n) is 8.54. The van der Waals surface area contributed by atoms with Crippen LogP contribution in [0.4, 0.5) is 17.2 Å². The number of rotatable bonds is 3. The van der Waals surface area contributed by atoms with Gasteiger partial charge in [-0.15, -0.1) is 0 Å². The molecule has 0 N–H and O–H groups in total. The fourth-order valence-corrected chi connectivity index (χ4v) is 4.60. The summed E-state index contributed by atoms with van der Waals surface area (Å²) in [5, 5.41) is 1.01. The first kappa shape index (κ1) is 20.1. The standard InChI is InChI=1S/C29H21N5/c1-19-5-12-27-22(16-19)13-15-34(27)29-25-17-21(20-6-9-24(30-2)10-7-20)8-11-26(25)32-28(33-29)23-4-3-14-31-18-23/h3-12,14,16-18H,13,15H2,1H3. The van der Waals surface area contributed by atoms with Crippen molar-refractivity contribution >= 4 is 28.1 Å². The first-order valence-corrected chi connectivity index (χ1v) is 11.3. The van der Waals surface area contributed by atoms with Crippen molar-refractivity contribution in [1.82, 2.24) is 15.0 Å². The molecule has 0 bridgehead atoms. The molecule has 34 heavy (non-hydrogen) atoms. The van der Waals surface area contributed by atoms with E-state index in [-0.39, 0.29) is 0 Å². The topological polar surface area (TPSA) is 46.3 Å². The van der Waals surface area contributed by atoms with Crippen LogP contribution in [-0.4, -0.2) is 21.5 Å². The Hall–Kier alpha value is -4.56. The number of hydrogen-bond acceptors (Lipinski definition) is 4. The number of hydrogen-bond donors (Lipinski definition) is 0. The summed E-state index contributed by atoms with van der Waals surface area (Å²) in [6.07, 6.45) is 4.55. The summed E-state index contributed by atoms with van der Waals surface area (Å²) in [7, 11) is 0. The van der Waals surface area contributed by atoms with Gasteiger partial charge in [0.05, 0.1) is 12.1 Å². The minimum Gasteiger partial charge on any atom is -0.325 e. The van der Waals surface area contributed by atoms with Gasteiger partial charge in [-0.2, -0.15) is 0 Å². The SMILES string of the molecule is [C-]#[N+]c1ccc(-c2ccc3nc(-c4cccnc4)nc(N4CCc5cc(C)ccc54)c3c2)cc1. The first-order chi connectivity index (χ1) is 16.7. The molecule has 0 saturated carbocycles. The van der Waals surface area contributed by atoms with Gasteiger partial charge in [-0.3, -0.25) is 4.98 Å². The van der Waals surface area contributed by atoms with Gasteiger partial charge >= 0.3 is 0 Å². The van der Waals surface area contributed by atoms with Crippen molar-refractivity contribution < 1.29 is 0 Å². The van der Waals surface area contributed by atoms with E-state index in [1.165, 1.54) is 16.8 Å². The number of fused-ring (bicyclic) bond motifs is 2. The molecule has 6 rings (SSSR count). The Morgan fingerprint density at radius 1 is 0.882 bits per heavy atom. The minimum absolute atomic E-state index is 0.638. The van der Waals surface area contributed by atoms with Crippen LogP contribution < -0.4 is 4.90 Å². The molecule has 2 aromatic heterocycles. The number of nitrogens with zero attached hydrogens (tertiary/aromatic N) is 5. The van der Waals surface area contributed by atoms with E-state index < -0.39 is 0 Å². The summed E-state index contributed by atoms with van der Waals surface area (Å²) in [6, 6.07) is 24.5. The van der Waals surface area contributed by atoms with E-state index >= 15 is 0 Å². The van der Waals surface area contributed by atoms with Crippen molar-refractivity contribution in [2.75, 3.05) is 11.4 Å². The van der Waals surface area contributed by atoms with Crippen molar-refractivity contribution in [3.05, 3.63) is 108 Å². The van der Waals surface area contributed by atoms with Crippen LogP contribution in [-0.2, 0) is 6.42 Å². The van der Waals surface area contributed by atoms with E-state index in [0.717, 1.165) is 46.4 Å². The molecular formula is C29H21N5. The van der Waals surface area contributed by atoms with Gasteiger partial charge in [0.2, 0.25) is 0 Å². The number of benzene rings is 3. The Morgan fingerprint density at radius 3 is 2.53 bits per heavy atom. The highest BCUT2D eigenvalue weighted by atomic mass is 15.2. The third-order valence-corrected chi connectivity index (χ3v) is 6.31. The van der Waals surface area contributed by atoms with Crippen molar-refractivity contribution in [3.8, 4) is 22.5 Å². The van der Waals surface area contributed by atoms with Crippen LogP contribution in [0.5, 0.6) is 0 Å². The molecule has 0 fully saturated rings. The third-order valence-electron chi connectivity index (χ3n) is 6.31. The highest BCUT2D eigenvalue weighted by Crippen LogP contribution is 2.39. The van der Waals surface area contributed by atoms with E-state index in [1.807, 2.05) is 36.4 Å². The van der Waals surface area contributed by atoms with E-state index in [4.69, 9.17) is 16.5 Å². The minimum atomic E-state index is 0.638. The van der Waals surface area contributed by atoms with Crippen molar-refractivity contribution in [2.24, 2.45) is 0 Å². The van der Waals surface area contributed by atoms with Crippen LogP contribution >= 0.6 is 0 Å².